The van der Waals surface area contributed by atoms with E-state index in [4.69, 9.17) is 0 Å². The third kappa shape index (κ3) is 3.18. The van der Waals surface area contributed by atoms with Gasteiger partial charge in [-0.1, -0.05) is 42.0 Å². The van der Waals surface area contributed by atoms with Crippen LogP contribution in [-0.2, 0) is 21.5 Å². The van der Waals surface area contributed by atoms with Crippen molar-refractivity contribution < 1.29 is 14.4 Å². The molecule has 1 spiro atoms. The zero-order valence-corrected chi connectivity index (χ0v) is 17.0. The van der Waals surface area contributed by atoms with Crippen LogP contribution >= 0.6 is 0 Å². The van der Waals surface area contributed by atoms with E-state index in [1.54, 1.807) is 0 Å². The fourth-order valence-electron chi connectivity index (χ4n) is 4.65. The molecular weight excluding hydrogens is 366 g/mol. The summed E-state index contributed by atoms with van der Waals surface area (Å²) in [6.07, 6.45) is 2.24. The molecule has 6 nitrogen and oxygen atoms in total. The van der Waals surface area contributed by atoms with Crippen molar-refractivity contribution >= 4 is 23.5 Å². The molecule has 2 aromatic rings. The van der Waals surface area contributed by atoms with Gasteiger partial charge in [0.1, 0.15) is 12.1 Å². The van der Waals surface area contributed by atoms with Gasteiger partial charge in [0.25, 0.3) is 5.91 Å². The number of carbonyl (C=O) groups is 3. The molecule has 150 valence electrons. The van der Waals surface area contributed by atoms with Crippen LogP contribution in [0, 0.1) is 20.8 Å². The topological polar surface area (TPSA) is 78.5 Å². The van der Waals surface area contributed by atoms with Gasteiger partial charge in [-0.05, 0) is 62.3 Å². The molecule has 4 rings (SSSR count). The van der Waals surface area contributed by atoms with Crippen LogP contribution in [0.3, 0.4) is 0 Å². The number of nitrogens with one attached hydrogen (secondary N) is 2. The maximum atomic E-state index is 13.3. The number of amides is 4. The number of urea groups is 1. The molecule has 29 heavy (non-hydrogen) atoms. The monoisotopic (exact) mass is 391 g/mol. The number of benzene rings is 2. The molecule has 1 saturated heterocycles. The van der Waals surface area contributed by atoms with E-state index in [2.05, 4.69) is 10.6 Å². The van der Waals surface area contributed by atoms with Crippen LogP contribution in [-0.4, -0.2) is 29.3 Å². The van der Waals surface area contributed by atoms with Gasteiger partial charge < -0.3 is 10.6 Å². The Morgan fingerprint density at radius 1 is 1.14 bits per heavy atom. The first-order valence-electron chi connectivity index (χ1n) is 9.92. The van der Waals surface area contributed by atoms with Crippen molar-refractivity contribution in [3.8, 4) is 0 Å². The fourth-order valence-corrected chi connectivity index (χ4v) is 4.65. The molecule has 2 aromatic carbocycles. The van der Waals surface area contributed by atoms with Crippen molar-refractivity contribution in [1.82, 2.24) is 10.2 Å². The quantitative estimate of drug-likeness (QED) is 0.788. The summed E-state index contributed by atoms with van der Waals surface area (Å²) in [7, 11) is 0. The van der Waals surface area contributed by atoms with E-state index in [1.807, 2.05) is 57.2 Å². The van der Waals surface area contributed by atoms with Crippen LogP contribution in [0.5, 0.6) is 0 Å². The molecule has 0 aromatic heterocycles. The second-order valence-electron chi connectivity index (χ2n) is 8.06. The normalized spacial score (nSPS) is 20.6. The highest BCUT2D eigenvalue weighted by atomic mass is 16.2. The molecule has 1 atom stereocenters. The Labute approximate surface area is 170 Å². The molecule has 2 aliphatic rings. The lowest BCUT2D eigenvalue weighted by Gasteiger charge is -2.33. The van der Waals surface area contributed by atoms with Gasteiger partial charge in [0.05, 0.1) is 0 Å². The molecular formula is C23H25N3O3. The van der Waals surface area contributed by atoms with E-state index in [-0.39, 0.29) is 18.4 Å². The van der Waals surface area contributed by atoms with Gasteiger partial charge in [0.2, 0.25) is 5.91 Å². The maximum Gasteiger partial charge on any atom is 0.325 e. The Hall–Kier alpha value is -3.15. The molecule has 0 saturated carbocycles. The van der Waals surface area contributed by atoms with Gasteiger partial charge in [-0.15, -0.1) is 0 Å². The molecule has 4 amide bonds. The molecule has 1 aliphatic heterocycles. The highest BCUT2D eigenvalue weighted by Gasteiger charge is 2.54. The van der Waals surface area contributed by atoms with E-state index in [0.29, 0.717) is 6.42 Å². The number of carbonyl (C=O) groups excluding carboxylic acids is 3. The summed E-state index contributed by atoms with van der Waals surface area (Å²) >= 11 is 0. The van der Waals surface area contributed by atoms with Gasteiger partial charge in [-0.2, -0.15) is 0 Å². The number of aryl methyl sites for hydroxylation is 4. The number of imide groups is 1. The third-order valence-electron chi connectivity index (χ3n) is 5.89. The summed E-state index contributed by atoms with van der Waals surface area (Å²) in [5, 5.41) is 5.75. The predicted octanol–water partition coefficient (Wildman–Crippen LogP) is 3.33. The Bertz CT molecular complexity index is 1010. The van der Waals surface area contributed by atoms with Crippen molar-refractivity contribution in [2.24, 2.45) is 0 Å². The van der Waals surface area contributed by atoms with Crippen molar-refractivity contribution in [3.05, 3.63) is 64.2 Å². The molecule has 1 aliphatic carbocycles. The van der Waals surface area contributed by atoms with Crippen LogP contribution in [0.15, 0.2) is 36.4 Å². The minimum atomic E-state index is -1.05. The van der Waals surface area contributed by atoms with E-state index in [9.17, 15) is 14.4 Å². The summed E-state index contributed by atoms with van der Waals surface area (Å²) in [5.41, 5.74) is 4.61. The van der Waals surface area contributed by atoms with Gasteiger partial charge in [-0.3, -0.25) is 14.5 Å². The zero-order chi connectivity index (χ0) is 20.8. The summed E-state index contributed by atoms with van der Waals surface area (Å²) in [4.78, 5) is 39.7. The Balaban J connectivity index is 1.56. The molecule has 0 bridgehead atoms. The third-order valence-corrected chi connectivity index (χ3v) is 5.89. The molecule has 6 heteroatoms. The minimum Gasteiger partial charge on any atom is -0.324 e. The first-order chi connectivity index (χ1) is 13.8. The first-order valence-corrected chi connectivity index (χ1v) is 9.92. The second kappa shape index (κ2) is 7.03. The smallest absolute Gasteiger partial charge is 0.324 e. The van der Waals surface area contributed by atoms with Crippen molar-refractivity contribution in [1.29, 1.82) is 0 Å². The van der Waals surface area contributed by atoms with E-state index in [0.717, 1.165) is 51.2 Å². The first kappa shape index (κ1) is 19.2. The fraction of sp³-hybridized carbons (Fsp3) is 0.348. The summed E-state index contributed by atoms with van der Waals surface area (Å²) in [6, 6.07) is 11.2. The highest BCUT2D eigenvalue weighted by Crippen LogP contribution is 2.39. The molecule has 2 N–H and O–H groups in total. The average Bonchev–Trinajstić information content (AvgIpc) is 2.90. The number of rotatable bonds is 3. The zero-order valence-electron chi connectivity index (χ0n) is 17.0. The summed E-state index contributed by atoms with van der Waals surface area (Å²) in [6.45, 7) is 5.55. The maximum absolute atomic E-state index is 13.3. The van der Waals surface area contributed by atoms with Crippen LogP contribution in [0.25, 0.3) is 0 Å². The number of anilines is 1. The second-order valence-corrected chi connectivity index (χ2v) is 8.06. The number of nitrogens with zero attached hydrogens (tertiary/aromatic N) is 1. The van der Waals surface area contributed by atoms with Crippen molar-refractivity contribution in [3.63, 3.8) is 0 Å². The van der Waals surface area contributed by atoms with Crippen LogP contribution < -0.4 is 10.6 Å². The van der Waals surface area contributed by atoms with Crippen LogP contribution in [0.4, 0.5) is 10.5 Å². The van der Waals surface area contributed by atoms with Crippen molar-refractivity contribution in [2.45, 2.75) is 45.6 Å². The van der Waals surface area contributed by atoms with Crippen molar-refractivity contribution in [2.75, 3.05) is 11.9 Å². The summed E-state index contributed by atoms with van der Waals surface area (Å²) in [5.74, 6) is -0.730. The molecule has 1 heterocycles. The van der Waals surface area contributed by atoms with Gasteiger partial charge in [0, 0.05) is 5.69 Å². The number of fused-ring (bicyclic) bond motifs is 2. The van der Waals surface area contributed by atoms with E-state index >= 15 is 0 Å². The number of hydrogen-bond donors (Lipinski definition) is 2. The lowest BCUT2D eigenvalue weighted by atomic mass is 9.76. The number of hydrogen-bond acceptors (Lipinski definition) is 3. The predicted molar refractivity (Wildman–Crippen MR) is 111 cm³/mol. The lowest BCUT2D eigenvalue weighted by molar-refractivity contribution is -0.134. The Morgan fingerprint density at radius 3 is 2.55 bits per heavy atom. The largest absolute Gasteiger partial charge is 0.325 e. The van der Waals surface area contributed by atoms with Gasteiger partial charge in [0.15, 0.2) is 0 Å². The van der Waals surface area contributed by atoms with Gasteiger partial charge in [-0.25, -0.2) is 4.79 Å². The average molecular weight is 391 g/mol. The van der Waals surface area contributed by atoms with Crippen LogP contribution in [0.2, 0.25) is 0 Å². The van der Waals surface area contributed by atoms with Gasteiger partial charge >= 0.3 is 6.03 Å². The molecule has 0 radical (unpaired) electrons. The highest BCUT2D eigenvalue weighted by molar-refractivity contribution is 6.10. The van der Waals surface area contributed by atoms with E-state index in [1.165, 1.54) is 0 Å². The Kier molecular flexibility index (Phi) is 4.65. The van der Waals surface area contributed by atoms with E-state index < -0.39 is 11.6 Å². The Morgan fingerprint density at radius 2 is 1.83 bits per heavy atom. The molecule has 1 unspecified atom stereocenters. The standard InChI is InChI=1S/C23H25N3O3/c1-14-11-15(2)20(16(3)12-14)24-19(27)13-26-21(28)23(25-22(26)29)10-6-8-17-7-4-5-9-18(17)23/h4-5,7,9,11-12H,6,8,10,13H2,1-3H3,(H,24,27)(H,25,29). The SMILES string of the molecule is Cc1cc(C)c(NC(=O)CN2C(=O)NC3(CCCc4ccccc43)C2=O)c(C)c1. The minimum absolute atomic E-state index is 0.304. The molecule has 1 fully saturated rings. The summed E-state index contributed by atoms with van der Waals surface area (Å²) < 4.78 is 0. The van der Waals surface area contributed by atoms with Crippen LogP contribution in [0.1, 0.15) is 40.7 Å². The lowest BCUT2D eigenvalue weighted by Crippen LogP contribution is -2.47.